The van der Waals surface area contributed by atoms with E-state index in [1.165, 1.54) is 0 Å². The highest BCUT2D eigenvalue weighted by molar-refractivity contribution is 9.10. The van der Waals surface area contributed by atoms with Crippen molar-refractivity contribution in [3.63, 3.8) is 0 Å². The van der Waals surface area contributed by atoms with Crippen LogP contribution < -0.4 is 10.1 Å². The lowest BCUT2D eigenvalue weighted by atomic mass is 10.2. The molecule has 0 bridgehead atoms. The SMILES string of the molecule is O=C(Nc1ccc2cccnc2n1)c1ccc(Br)c(OCCCO)c1. The molecule has 2 aromatic heterocycles. The normalized spacial score (nSPS) is 10.6. The Labute approximate surface area is 153 Å². The fourth-order valence-corrected chi connectivity index (χ4v) is 2.57. The van der Waals surface area contributed by atoms with Gasteiger partial charge in [0.1, 0.15) is 11.6 Å². The summed E-state index contributed by atoms with van der Waals surface area (Å²) in [4.78, 5) is 21.0. The average Bonchev–Trinajstić information content (AvgIpc) is 2.63. The van der Waals surface area contributed by atoms with Crippen molar-refractivity contribution in [2.75, 3.05) is 18.5 Å². The molecule has 0 spiro atoms. The second-order valence-electron chi connectivity index (χ2n) is 5.27. The van der Waals surface area contributed by atoms with Crippen molar-refractivity contribution in [1.29, 1.82) is 0 Å². The van der Waals surface area contributed by atoms with E-state index in [4.69, 9.17) is 9.84 Å². The van der Waals surface area contributed by atoms with Crippen LogP contribution in [0, 0.1) is 0 Å². The minimum atomic E-state index is -0.290. The van der Waals surface area contributed by atoms with Crippen LogP contribution in [0.25, 0.3) is 11.0 Å². The number of ether oxygens (including phenoxy) is 1. The highest BCUT2D eigenvalue weighted by Crippen LogP contribution is 2.26. The zero-order valence-corrected chi connectivity index (χ0v) is 14.9. The van der Waals surface area contributed by atoms with Gasteiger partial charge in [-0.05, 0) is 58.4 Å². The number of aliphatic hydroxyl groups is 1. The minimum Gasteiger partial charge on any atom is -0.492 e. The lowest BCUT2D eigenvalue weighted by Crippen LogP contribution is -2.13. The number of rotatable bonds is 6. The number of pyridine rings is 2. The Morgan fingerprint density at radius 1 is 1.24 bits per heavy atom. The van der Waals surface area contributed by atoms with E-state index in [1.54, 1.807) is 30.5 Å². The summed E-state index contributed by atoms with van der Waals surface area (Å²) in [6, 6.07) is 12.4. The highest BCUT2D eigenvalue weighted by Gasteiger charge is 2.11. The van der Waals surface area contributed by atoms with Gasteiger partial charge in [0.15, 0.2) is 5.65 Å². The van der Waals surface area contributed by atoms with Crippen LogP contribution in [0.2, 0.25) is 0 Å². The fourth-order valence-electron chi connectivity index (χ4n) is 2.21. The molecule has 3 aromatic rings. The van der Waals surface area contributed by atoms with Crippen molar-refractivity contribution in [3.8, 4) is 5.75 Å². The second-order valence-corrected chi connectivity index (χ2v) is 6.13. The Morgan fingerprint density at radius 2 is 2.12 bits per heavy atom. The van der Waals surface area contributed by atoms with Crippen LogP contribution in [-0.2, 0) is 0 Å². The number of fused-ring (bicyclic) bond motifs is 1. The summed E-state index contributed by atoms with van der Waals surface area (Å²) in [5.41, 5.74) is 1.02. The zero-order chi connectivity index (χ0) is 17.6. The quantitative estimate of drug-likeness (QED) is 0.618. The second kappa shape index (κ2) is 8.04. The van der Waals surface area contributed by atoms with Crippen molar-refractivity contribution in [2.24, 2.45) is 0 Å². The zero-order valence-electron chi connectivity index (χ0n) is 13.3. The molecule has 0 aliphatic rings. The van der Waals surface area contributed by atoms with Gasteiger partial charge in [-0.2, -0.15) is 0 Å². The molecular formula is C18H16BrN3O3. The molecule has 0 unspecified atom stereocenters. The largest absolute Gasteiger partial charge is 0.492 e. The van der Waals surface area contributed by atoms with Crippen molar-refractivity contribution >= 4 is 38.7 Å². The molecule has 3 rings (SSSR count). The average molecular weight is 402 g/mol. The van der Waals surface area contributed by atoms with Gasteiger partial charge in [0.25, 0.3) is 5.91 Å². The molecule has 0 saturated heterocycles. The summed E-state index contributed by atoms with van der Waals surface area (Å²) in [7, 11) is 0. The lowest BCUT2D eigenvalue weighted by molar-refractivity contribution is 0.102. The first kappa shape index (κ1) is 17.3. The number of benzene rings is 1. The maximum Gasteiger partial charge on any atom is 0.256 e. The van der Waals surface area contributed by atoms with Gasteiger partial charge in [-0.25, -0.2) is 9.97 Å². The van der Waals surface area contributed by atoms with Crippen molar-refractivity contribution in [1.82, 2.24) is 9.97 Å². The number of amides is 1. The number of carbonyl (C=O) groups excluding carboxylic acids is 1. The molecule has 6 nitrogen and oxygen atoms in total. The molecule has 0 radical (unpaired) electrons. The van der Waals surface area contributed by atoms with E-state index in [2.05, 4.69) is 31.2 Å². The van der Waals surface area contributed by atoms with Crippen molar-refractivity contribution in [3.05, 3.63) is 58.7 Å². The monoisotopic (exact) mass is 401 g/mol. The maximum absolute atomic E-state index is 12.5. The molecule has 0 atom stereocenters. The number of hydrogen-bond acceptors (Lipinski definition) is 5. The fraction of sp³-hybridized carbons (Fsp3) is 0.167. The van der Waals surface area contributed by atoms with Crippen LogP contribution >= 0.6 is 15.9 Å². The summed E-state index contributed by atoms with van der Waals surface area (Å²) in [6.45, 7) is 0.428. The first-order valence-corrected chi connectivity index (χ1v) is 8.53. The number of carbonyl (C=O) groups is 1. The van der Waals surface area contributed by atoms with Crippen LogP contribution in [0.4, 0.5) is 5.82 Å². The molecule has 128 valence electrons. The molecule has 1 amide bonds. The van der Waals surface area contributed by atoms with Gasteiger partial charge >= 0.3 is 0 Å². The molecule has 2 N–H and O–H groups in total. The standard InChI is InChI=1S/C18H16BrN3O3/c19-14-6-4-13(11-15(14)25-10-2-9-23)18(24)22-16-7-5-12-3-1-8-20-17(12)21-16/h1,3-8,11,23H,2,9-10H2,(H,20,21,22,24). The molecule has 25 heavy (non-hydrogen) atoms. The molecule has 0 fully saturated rings. The highest BCUT2D eigenvalue weighted by atomic mass is 79.9. The number of hydrogen-bond donors (Lipinski definition) is 2. The third kappa shape index (κ3) is 4.32. The summed E-state index contributed by atoms with van der Waals surface area (Å²) in [5, 5.41) is 12.5. The van der Waals surface area contributed by atoms with E-state index in [9.17, 15) is 4.79 Å². The molecular weight excluding hydrogens is 386 g/mol. The molecule has 0 saturated carbocycles. The smallest absolute Gasteiger partial charge is 0.256 e. The van der Waals surface area contributed by atoms with E-state index < -0.39 is 0 Å². The molecule has 0 aliphatic heterocycles. The number of nitrogens with zero attached hydrogens (tertiary/aromatic N) is 2. The molecule has 2 heterocycles. The molecule has 1 aromatic carbocycles. The molecule has 0 aliphatic carbocycles. The van der Waals surface area contributed by atoms with Crippen molar-refractivity contribution in [2.45, 2.75) is 6.42 Å². The number of aliphatic hydroxyl groups excluding tert-OH is 1. The summed E-state index contributed by atoms with van der Waals surface area (Å²) < 4.78 is 6.31. The maximum atomic E-state index is 12.5. The van der Waals surface area contributed by atoms with Crippen LogP contribution in [0.3, 0.4) is 0 Å². The number of nitrogens with one attached hydrogen (secondary N) is 1. The number of anilines is 1. The van der Waals surface area contributed by atoms with E-state index >= 15 is 0 Å². The summed E-state index contributed by atoms with van der Waals surface area (Å²) >= 11 is 3.39. The predicted molar refractivity (Wildman–Crippen MR) is 98.8 cm³/mol. The lowest BCUT2D eigenvalue weighted by Gasteiger charge is -2.10. The van der Waals surface area contributed by atoms with Crippen LogP contribution in [0.15, 0.2) is 53.1 Å². The summed E-state index contributed by atoms with van der Waals surface area (Å²) in [5.74, 6) is 0.693. The van der Waals surface area contributed by atoms with Crippen LogP contribution in [0.5, 0.6) is 5.75 Å². The predicted octanol–water partition coefficient (Wildman–Crippen LogP) is 3.41. The Bertz CT molecular complexity index is 902. The van der Waals surface area contributed by atoms with Gasteiger partial charge in [0.2, 0.25) is 0 Å². The van der Waals surface area contributed by atoms with Gasteiger partial charge in [-0.1, -0.05) is 0 Å². The van der Waals surface area contributed by atoms with E-state index in [0.29, 0.717) is 35.8 Å². The Kier molecular flexibility index (Phi) is 5.57. The van der Waals surface area contributed by atoms with Gasteiger partial charge < -0.3 is 15.2 Å². The van der Waals surface area contributed by atoms with Crippen LogP contribution in [-0.4, -0.2) is 34.2 Å². The van der Waals surface area contributed by atoms with Gasteiger partial charge in [-0.15, -0.1) is 0 Å². The van der Waals surface area contributed by atoms with E-state index in [-0.39, 0.29) is 12.5 Å². The third-order valence-corrected chi connectivity index (χ3v) is 4.11. The van der Waals surface area contributed by atoms with Gasteiger partial charge in [-0.3, -0.25) is 4.79 Å². The van der Waals surface area contributed by atoms with Gasteiger partial charge in [0, 0.05) is 30.2 Å². The topological polar surface area (TPSA) is 84.3 Å². The Hall–Kier alpha value is -2.51. The minimum absolute atomic E-state index is 0.0550. The van der Waals surface area contributed by atoms with Crippen molar-refractivity contribution < 1.29 is 14.6 Å². The number of aromatic nitrogens is 2. The Balaban J connectivity index is 1.76. The summed E-state index contributed by atoms with van der Waals surface area (Å²) in [6.07, 6.45) is 2.18. The van der Waals surface area contributed by atoms with E-state index in [1.807, 2.05) is 18.2 Å². The Morgan fingerprint density at radius 3 is 2.96 bits per heavy atom. The van der Waals surface area contributed by atoms with E-state index in [0.717, 1.165) is 9.86 Å². The van der Waals surface area contributed by atoms with Crippen LogP contribution in [0.1, 0.15) is 16.8 Å². The first-order chi connectivity index (χ1) is 12.2. The third-order valence-electron chi connectivity index (χ3n) is 3.46. The first-order valence-electron chi connectivity index (χ1n) is 7.74. The number of halogens is 1. The van der Waals surface area contributed by atoms with Gasteiger partial charge in [0.05, 0.1) is 11.1 Å². The molecule has 7 heteroatoms.